The van der Waals surface area contributed by atoms with Gasteiger partial charge >= 0.3 is 5.97 Å². The zero-order valence-electron chi connectivity index (χ0n) is 15.8. The Morgan fingerprint density at radius 3 is 2.00 bits per heavy atom. The lowest BCUT2D eigenvalue weighted by Gasteiger charge is -2.21. The first-order valence-corrected chi connectivity index (χ1v) is 8.86. The largest absolute Gasteiger partial charge is 0.497 e. The molecule has 7 nitrogen and oxygen atoms in total. The van der Waals surface area contributed by atoms with Gasteiger partial charge in [-0.25, -0.2) is 4.79 Å². The van der Waals surface area contributed by atoms with Crippen molar-refractivity contribution in [3.8, 4) is 5.75 Å². The first-order chi connectivity index (χ1) is 13.4. The van der Waals surface area contributed by atoms with E-state index in [2.05, 4.69) is 10.6 Å². The summed E-state index contributed by atoms with van der Waals surface area (Å²) < 4.78 is 5.08. The zero-order chi connectivity index (χ0) is 20.5. The fourth-order valence-corrected chi connectivity index (χ4v) is 2.77. The van der Waals surface area contributed by atoms with Crippen molar-refractivity contribution >= 4 is 17.8 Å². The Morgan fingerprint density at radius 2 is 1.46 bits per heavy atom. The molecule has 0 aliphatic rings. The standard InChI is InChI=1S/C21H24N2O5/c1-14(24)22-18(12-15-6-4-3-5-7-15)20(25)23-19(21(26)27)13-16-8-10-17(28-2)11-9-16/h3-11,18-19H,12-13H2,1-2H3,(H,22,24)(H,23,25)(H,26,27)/t18-,19+/m0/s1. The monoisotopic (exact) mass is 384 g/mol. The van der Waals surface area contributed by atoms with Crippen LogP contribution in [0.25, 0.3) is 0 Å². The van der Waals surface area contributed by atoms with Crippen LogP contribution in [-0.2, 0) is 27.2 Å². The molecule has 0 unspecified atom stereocenters. The van der Waals surface area contributed by atoms with Crippen LogP contribution in [0.5, 0.6) is 5.75 Å². The first-order valence-electron chi connectivity index (χ1n) is 8.86. The molecule has 0 heterocycles. The third-order valence-corrected chi connectivity index (χ3v) is 4.19. The predicted molar refractivity (Wildman–Crippen MR) is 104 cm³/mol. The van der Waals surface area contributed by atoms with E-state index in [-0.39, 0.29) is 18.7 Å². The number of carboxylic acid groups (broad SMARTS) is 1. The summed E-state index contributed by atoms with van der Waals surface area (Å²) in [6.07, 6.45) is 0.379. The Balaban J connectivity index is 2.09. The molecule has 7 heteroatoms. The van der Waals surface area contributed by atoms with E-state index < -0.39 is 24.0 Å². The third kappa shape index (κ3) is 6.42. The topological polar surface area (TPSA) is 105 Å². The molecular weight excluding hydrogens is 360 g/mol. The van der Waals surface area contributed by atoms with E-state index in [0.29, 0.717) is 5.75 Å². The van der Waals surface area contributed by atoms with Gasteiger partial charge in [0.25, 0.3) is 0 Å². The highest BCUT2D eigenvalue weighted by Gasteiger charge is 2.26. The summed E-state index contributed by atoms with van der Waals surface area (Å²) in [6.45, 7) is 1.32. The minimum atomic E-state index is -1.15. The van der Waals surface area contributed by atoms with Crippen molar-refractivity contribution in [1.82, 2.24) is 10.6 Å². The fourth-order valence-electron chi connectivity index (χ4n) is 2.77. The number of ether oxygens (including phenoxy) is 1. The maximum Gasteiger partial charge on any atom is 0.326 e. The normalized spacial score (nSPS) is 12.5. The Kier molecular flexibility index (Phi) is 7.56. The molecule has 3 N–H and O–H groups in total. The molecular formula is C21H24N2O5. The Bertz CT molecular complexity index is 805. The van der Waals surface area contributed by atoms with E-state index in [1.165, 1.54) is 6.92 Å². The van der Waals surface area contributed by atoms with Gasteiger partial charge < -0.3 is 20.5 Å². The number of hydrogen-bond donors (Lipinski definition) is 3. The van der Waals surface area contributed by atoms with Gasteiger partial charge in [0.1, 0.15) is 17.8 Å². The number of amides is 2. The van der Waals surface area contributed by atoms with E-state index in [9.17, 15) is 19.5 Å². The van der Waals surface area contributed by atoms with Crippen LogP contribution < -0.4 is 15.4 Å². The molecule has 0 saturated carbocycles. The van der Waals surface area contributed by atoms with E-state index in [0.717, 1.165) is 11.1 Å². The molecule has 2 amide bonds. The average Bonchev–Trinajstić information content (AvgIpc) is 2.67. The molecule has 0 bridgehead atoms. The molecule has 0 fully saturated rings. The summed E-state index contributed by atoms with van der Waals surface area (Å²) >= 11 is 0. The van der Waals surface area contributed by atoms with Gasteiger partial charge in [-0.1, -0.05) is 42.5 Å². The minimum absolute atomic E-state index is 0.114. The van der Waals surface area contributed by atoms with Crippen molar-refractivity contribution in [2.75, 3.05) is 7.11 Å². The van der Waals surface area contributed by atoms with Gasteiger partial charge in [-0.2, -0.15) is 0 Å². The minimum Gasteiger partial charge on any atom is -0.497 e. The number of aliphatic carboxylic acids is 1. The second-order valence-electron chi connectivity index (χ2n) is 6.39. The summed E-state index contributed by atoms with van der Waals surface area (Å²) in [7, 11) is 1.55. The van der Waals surface area contributed by atoms with Crippen molar-refractivity contribution in [3.05, 3.63) is 65.7 Å². The second-order valence-corrected chi connectivity index (χ2v) is 6.39. The van der Waals surface area contributed by atoms with Crippen LogP contribution in [0, 0.1) is 0 Å². The molecule has 0 spiro atoms. The van der Waals surface area contributed by atoms with Crippen LogP contribution in [0.4, 0.5) is 0 Å². The fraction of sp³-hybridized carbons (Fsp3) is 0.286. The van der Waals surface area contributed by atoms with Gasteiger partial charge in [-0.05, 0) is 23.3 Å². The van der Waals surface area contributed by atoms with Crippen LogP contribution in [0.15, 0.2) is 54.6 Å². The van der Waals surface area contributed by atoms with Crippen molar-refractivity contribution in [2.45, 2.75) is 31.8 Å². The van der Waals surface area contributed by atoms with Crippen molar-refractivity contribution in [1.29, 1.82) is 0 Å². The summed E-state index contributed by atoms with van der Waals surface area (Å²) in [5.41, 5.74) is 1.60. The lowest BCUT2D eigenvalue weighted by molar-refractivity contribution is -0.142. The molecule has 0 aliphatic carbocycles. The van der Waals surface area contributed by atoms with Gasteiger partial charge in [-0.15, -0.1) is 0 Å². The summed E-state index contributed by atoms with van der Waals surface area (Å²) in [5, 5.41) is 14.6. The SMILES string of the molecule is COc1ccc(C[C@@H](NC(=O)[C@H](Cc2ccccc2)NC(C)=O)C(=O)O)cc1. The highest BCUT2D eigenvalue weighted by atomic mass is 16.5. The number of nitrogens with one attached hydrogen (secondary N) is 2. The number of carbonyl (C=O) groups is 3. The molecule has 2 atom stereocenters. The number of methoxy groups -OCH3 is 1. The lowest BCUT2D eigenvalue weighted by atomic mass is 10.0. The smallest absolute Gasteiger partial charge is 0.326 e. The first kappa shape index (κ1) is 21.0. The molecule has 148 valence electrons. The lowest BCUT2D eigenvalue weighted by Crippen LogP contribution is -2.52. The van der Waals surface area contributed by atoms with Crippen LogP contribution in [-0.4, -0.2) is 42.1 Å². The van der Waals surface area contributed by atoms with Crippen LogP contribution >= 0.6 is 0 Å². The molecule has 0 radical (unpaired) electrons. The predicted octanol–water partition coefficient (Wildman–Crippen LogP) is 1.55. The van der Waals surface area contributed by atoms with Crippen LogP contribution in [0.3, 0.4) is 0 Å². The number of carboxylic acids is 1. The van der Waals surface area contributed by atoms with E-state index in [4.69, 9.17) is 4.74 Å². The Hall–Kier alpha value is -3.35. The number of benzene rings is 2. The Labute approximate surface area is 163 Å². The molecule has 0 saturated heterocycles. The van der Waals surface area contributed by atoms with E-state index >= 15 is 0 Å². The van der Waals surface area contributed by atoms with E-state index in [1.54, 1.807) is 31.4 Å². The second kappa shape index (κ2) is 10.1. The maximum atomic E-state index is 12.7. The van der Waals surface area contributed by atoms with Crippen molar-refractivity contribution < 1.29 is 24.2 Å². The third-order valence-electron chi connectivity index (χ3n) is 4.19. The van der Waals surface area contributed by atoms with E-state index in [1.807, 2.05) is 30.3 Å². The van der Waals surface area contributed by atoms with Crippen LogP contribution in [0.1, 0.15) is 18.1 Å². The summed E-state index contributed by atoms with van der Waals surface area (Å²) in [6, 6.07) is 14.2. The van der Waals surface area contributed by atoms with Crippen LogP contribution in [0.2, 0.25) is 0 Å². The molecule has 0 aromatic heterocycles. The Morgan fingerprint density at radius 1 is 0.893 bits per heavy atom. The van der Waals surface area contributed by atoms with Gasteiger partial charge in [0.2, 0.25) is 11.8 Å². The van der Waals surface area contributed by atoms with Crippen molar-refractivity contribution in [2.24, 2.45) is 0 Å². The van der Waals surface area contributed by atoms with Gasteiger partial charge in [0.05, 0.1) is 7.11 Å². The molecule has 2 aromatic carbocycles. The zero-order valence-corrected chi connectivity index (χ0v) is 15.8. The molecule has 2 aromatic rings. The number of rotatable bonds is 9. The summed E-state index contributed by atoms with van der Waals surface area (Å²) in [5.74, 6) is -1.39. The number of carbonyl (C=O) groups excluding carboxylic acids is 2. The molecule has 2 rings (SSSR count). The highest BCUT2D eigenvalue weighted by molar-refractivity contribution is 5.90. The average molecular weight is 384 g/mol. The van der Waals surface area contributed by atoms with Gasteiger partial charge in [-0.3, -0.25) is 9.59 Å². The molecule has 0 aliphatic heterocycles. The van der Waals surface area contributed by atoms with Crippen molar-refractivity contribution in [3.63, 3.8) is 0 Å². The highest BCUT2D eigenvalue weighted by Crippen LogP contribution is 2.13. The van der Waals surface area contributed by atoms with Gasteiger partial charge in [0, 0.05) is 19.8 Å². The quantitative estimate of drug-likeness (QED) is 0.609. The maximum absolute atomic E-state index is 12.7. The summed E-state index contributed by atoms with van der Waals surface area (Å²) in [4.78, 5) is 35.8. The van der Waals surface area contributed by atoms with Gasteiger partial charge in [0.15, 0.2) is 0 Å². The number of hydrogen-bond acceptors (Lipinski definition) is 4. The molecule has 28 heavy (non-hydrogen) atoms.